The van der Waals surface area contributed by atoms with E-state index < -0.39 is 16.1 Å². The van der Waals surface area contributed by atoms with Gasteiger partial charge in [0.05, 0.1) is 29.2 Å². The van der Waals surface area contributed by atoms with Crippen LogP contribution in [0.2, 0.25) is 0 Å². The van der Waals surface area contributed by atoms with E-state index in [0.717, 1.165) is 5.56 Å². The molecule has 1 fully saturated rings. The van der Waals surface area contributed by atoms with Crippen molar-refractivity contribution < 1.29 is 13.2 Å². The van der Waals surface area contributed by atoms with Crippen molar-refractivity contribution in [3.05, 3.63) is 65.7 Å². The average molecular weight is 385 g/mol. The Morgan fingerprint density at radius 1 is 1.15 bits per heavy atom. The van der Waals surface area contributed by atoms with Gasteiger partial charge in [-0.2, -0.15) is 9.57 Å². The molecule has 142 valence electrons. The maximum Gasteiger partial charge on any atom is 0.245 e. The van der Waals surface area contributed by atoms with E-state index in [1.165, 1.54) is 16.4 Å². The predicted molar refractivity (Wildman–Crippen MR) is 103 cm³/mol. The number of morpholine rings is 1. The molecule has 2 aromatic rings. The molecule has 1 aliphatic rings. The molecule has 7 heteroatoms. The Hall–Kier alpha value is -2.24. The van der Waals surface area contributed by atoms with Crippen LogP contribution in [0.1, 0.15) is 17.2 Å². The van der Waals surface area contributed by atoms with Gasteiger partial charge in [-0.05, 0) is 31.8 Å². The predicted octanol–water partition coefficient (Wildman–Crippen LogP) is 2.25. The first kappa shape index (κ1) is 19.5. The van der Waals surface area contributed by atoms with Crippen LogP contribution in [0, 0.1) is 11.3 Å². The largest absolute Gasteiger partial charge is 0.373 e. The number of likely N-dealkylation sites (N-methyl/N-ethyl adjacent to an activating group) is 1. The number of sulfonamides is 1. The first-order chi connectivity index (χ1) is 12.9. The SMILES string of the molecule is CN(C)C[C@@H]1OCCN(S(=O)(=O)c2ccccc2C#N)[C@H]1c1ccccc1. The van der Waals surface area contributed by atoms with Gasteiger partial charge in [-0.25, -0.2) is 8.42 Å². The molecule has 0 amide bonds. The number of rotatable bonds is 5. The molecule has 0 spiro atoms. The Balaban J connectivity index is 2.09. The summed E-state index contributed by atoms with van der Waals surface area (Å²) in [7, 11) is 0.0102. The van der Waals surface area contributed by atoms with Gasteiger partial charge < -0.3 is 9.64 Å². The van der Waals surface area contributed by atoms with Gasteiger partial charge in [-0.1, -0.05) is 42.5 Å². The van der Waals surface area contributed by atoms with Crippen LogP contribution in [-0.4, -0.2) is 57.5 Å². The second-order valence-electron chi connectivity index (χ2n) is 6.75. The molecular weight excluding hydrogens is 362 g/mol. The molecule has 3 rings (SSSR count). The third-order valence-corrected chi connectivity index (χ3v) is 6.53. The highest BCUT2D eigenvalue weighted by Crippen LogP contribution is 2.35. The Morgan fingerprint density at radius 3 is 2.48 bits per heavy atom. The third-order valence-electron chi connectivity index (χ3n) is 4.59. The molecule has 1 aliphatic heterocycles. The van der Waals surface area contributed by atoms with Gasteiger partial charge in [0.2, 0.25) is 10.0 Å². The number of nitriles is 1. The summed E-state index contributed by atoms with van der Waals surface area (Å²) in [6.07, 6.45) is -0.305. The van der Waals surface area contributed by atoms with Crippen molar-refractivity contribution in [2.45, 2.75) is 17.0 Å². The summed E-state index contributed by atoms with van der Waals surface area (Å²) in [5.74, 6) is 0. The quantitative estimate of drug-likeness (QED) is 0.789. The topological polar surface area (TPSA) is 73.6 Å². The molecule has 27 heavy (non-hydrogen) atoms. The van der Waals surface area contributed by atoms with Crippen LogP contribution in [0.5, 0.6) is 0 Å². The first-order valence-electron chi connectivity index (χ1n) is 8.77. The Bertz CT molecular complexity index is 923. The smallest absolute Gasteiger partial charge is 0.245 e. The lowest BCUT2D eigenvalue weighted by molar-refractivity contribution is -0.0514. The van der Waals surface area contributed by atoms with Gasteiger partial charge in [-0.3, -0.25) is 0 Å². The molecule has 1 saturated heterocycles. The highest BCUT2D eigenvalue weighted by atomic mass is 32.2. The van der Waals surface area contributed by atoms with E-state index in [1.807, 2.05) is 55.4 Å². The van der Waals surface area contributed by atoms with E-state index in [1.54, 1.807) is 12.1 Å². The highest BCUT2D eigenvalue weighted by molar-refractivity contribution is 7.89. The van der Waals surface area contributed by atoms with Crippen molar-refractivity contribution in [3.63, 3.8) is 0 Å². The minimum Gasteiger partial charge on any atom is -0.373 e. The highest BCUT2D eigenvalue weighted by Gasteiger charge is 2.41. The molecule has 0 saturated carbocycles. The van der Waals surface area contributed by atoms with Crippen molar-refractivity contribution in [3.8, 4) is 6.07 Å². The molecule has 0 N–H and O–H groups in total. The second-order valence-corrected chi connectivity index (χ2v) is 8.61. The molecule has 6 nitrogen and oxygen atoms in total. The van der Waals surface area contributed by atoms with Crippen LogP contribution in [0.15, 0.2) is 59.5 Å². The van der Waals surface area contributed by atoms with Crippen LogP contribution in [-0.2, 0) is 14.8 Å². The van der Waals surface area contributed by atoms with E-state index >= 15 is 0 Å². The maximum atomic E-state index is 13.5. The minimum absolute atomic E-state index is 0.0407. The average Bonchev–Trinajstić information content (AvgIpc) is 2.68. The number of benzene rings is 2. The van der Waals surface area contributed by atoms with Crippen molar-refractivity contribution >= 4 is 10.0 Å². The van der Waals surface area contributed by atoms with Crippen LogP contribution < -0.4 is 0 Å². The minimum atomic E-state index is -3.86. The monoisotopic (exact) mass is 385 g/mol. The summed E-state index contributed by atoms with van der Waals surface area (Å²) >= 11 is 0. The lowest BCUT2D eigenvalue weighted by atomic mass is 9.99. The maximum absolute atomic E-state index is 13.5. The van der Waals surface area contributed by atoms with Gasteiger partial charge in [0.25, 0.3) is 0 Å². The molecule has 2 atom stereocenters. The molecule has 1 heterocycles. The fourth-order valence-corrected chi connectivity index (χ4v) is 5.20. The van der Waals surface area contributed by atoms with E-state index in [0.29, 0.717) is 13.2 Å². The molecule has 2 aromatic carbocycles. The van der Waals surface area contributed by atoms with Crippen LogP contribution >= 0.6 is 0 Å². The Kier molecular flexibility index (Phi) is 5.92. The zero-order chi connectivity index (χ0) is 19.4. The van der Waals surface area contributed by atoms with Crippen LogP contribution in [0.4, 0.5) is 0 Å². The normalized spacial score (nSPS) is 21.1. The first-order valence-corrected chi connectivity index (χ1v) is 10.2. The number of hydrogen-bond donors (Lipinski definition) is 0. The Morgan fingerprint density at radius 2 is 1.81 bits per heavy atom. The molecule has 0 bridgehead atoms. The van der Waals surface area contributed by atoms with E-state index in [2.05, 4.69) is 0 Å². The number of ether oxygens (including phenoxy) is 1. The second kappa shape index (κ2) is 8.19. The zero-order valence-electron chi connectivity index (χ0n) is 15.4. The molecule has 0 radical (unpaired) electrons. The molecule has 0 aliphatic carbocycles. The van der Waals surface area contributed by atoms with E-state index in [4.69, 9.17) is 4.74 Å². The standard InChI is InChI=1S/C20H23N3O3S/c1-22(2)15-18-20(16-8-4-3-5-9-16)23(12-13-26-18)27(24,25)19-11-7-6-10-17(19)14-21/h3-11,18,20H,12-13,15H2,1-2H3/t18-,20-/m0/s1. The number of hydrogen-bond acceptors (Lipinski definition) is 5. The zero-order valence-corrected chi connectivity index (χ0v) is 16.3. The van der Waals surface area contributed by atoms with E-state index in [-0.39, 0.29) is 23.1 Å². The Labute approximate surface area is 160 Å². The van der Waals surface area contributed by atoms with Gasteiger partial charge in [0, 0.05) is 13.1 Å². The van der Waals surface area contributed by atoms with Crippen molar-refractivity contribution in [1.82, 2.24) is 9.21 Å². The summed E-state index contributed by atoms with van der Waals surface area (Å²) in [6.45, 7) is 1.15. The molecular formula is C20H23N3O3S. The van der Waals surface area contributed by atoms with Crippen LogP contribution in [0.3, 0.4) is 0 Å². The van der Waals surface area contributed by atoms with Crippen LogP contribution in [0.25, 0.3) is 0 Å². The van der Waals surface area contributed by atoms with Crippen molar-refractivity contribution in [2.75, 3.05) is 33.8 Å². The summed E-state index contributed by atoms with van der Waals surface area (Å²) in [5, 5.41) is 9.37. The van der Waals surface area contributed by atoms with E-state index in [9.17, 15) is 13.7 Å². The summed E-state index contributed by atoms with van der Waals surface area (Å²) < 4.78 is 34.4. The molecule has 0 unspecified atom stereocenters. The molecule has 0 aromatic heterocycles. The fourth-order valence-electron chi connectivity index (χ4n) is 3.43. The number of nitrogens with zero attached hydrogens (tertiary/aromatic N) is 3. The van der Waals surface area contributed by atoms with Crippen molar-refractivity contribution in [2.24, 2.45) is 0 Å². The summed E-state index contributed by atoms with van der Waals surface area (Å²) in [6, 6.07) is 17.4. The third kappa shape index (κ3) is 4.04. The fraction of sp³-hybridized carbons (Fsp3) is 0.350. The lowest BCUT2D eigenvalue weighted by Gasteiger charge is -2.41. The summed E-state index contributed by atoms with van der Waals surface area (Å²) in [4.78, 5) is 2.03. The summed E-state index contributed by atoms with van der Waals surface area (Å²) in [5.41, 5.74) is 1.03. The lowest BCUT2D eigenvalue weighted by Crippen LogP contribution is -2.51. The van der Waals surface area contributed by atoms with Crippen molar-refractivity contribution in [1.29, 1.82) is 5.26 Å². The van der Waals surface area contributed by atoms with Gasteiger partial charge in [0.1, 0.15) is 6.07 Å². The van der Waals surface area contributed by atoms with Gasteiger partial charge in [-0.15, -0.1) is 0 Å². The van der Waals surface area contributed by atoms with Gasteiger partial charge >= 0.3 is 0 Å². The van der Waals surface area contributed by atoms with Gasteiger partial charge in [0.15, 0.2) is 0 Å².